The molecular formula is C17H18N2O4. The van der Waals surface area contributed by atoms with Gasteiger partial charge in [0.05, 0.1) is 0 Å². The third kappa shape index (κ3) is 3.91. The highest BCUT2D eigenvalue weighted by molar-refractivity contribution is 5.95. The zero-order chi connectivity index (χ0) is 16.1. The van der Waals surface area contributed by atoms with E-state index in [1.807, 2.05) is 18.2 Å². The molecule has 2 amide bonds. The summed E-state index contributed by atoms with van der Waals surface area (Å²) in [6, 6.07) is 11.7. The summed E-state index contributed by atoms with van der Waals surface area (Å²) in [6.07, 6.45) is 2.45. The van der Waals surface area contributed by atoms with Gasteiger partial charge in [-0.1, -0.05) is 18.2 Å². The summed E-state index contributed by atoms with van der Waals surface area (Å²) in [6.45, 7) is 0.654. The van der Waals surface area contributed by atoms with Crippen molar-refractivity contribution in [1.82, 2.24) is 10.6 Å². The molecule has 23 heavy (non-hydrogen) atoms. The Balaban J connectivity index is 1.63. The fraction of sp³-hybridized carbons (Fsp3) is 0.294. The van der Waals surface area contributed by atoms with E-state index in [9.17, 15) is 9.59 Å². The van der Waals surface area contributed by atoms with Gasteiger partial charge >= 0.3 is 0 Å². The number of rotatable bonds is 4. The highest BCUT2D eigenvalue weighted by atomic mass is 16.6. The summed E-state index contributed by atoms with van der Waals surface area (Å²) >= 11 is 0. The lowest BCUT2D eigenvalue weighted by Gasteiger charge is -2.13. The Bertz CT molecular complexity index is 681. The van der Waals surface area contributed by atoms with Gasteiger partial charge in [0, 0.05) is 12.6 Å². The van der Waals surface area contributed by atoms with Crippen LogP contribution in [0.1, 0.15) is 29.8 Å². The van der Waals surface area contributed by atoms with Crippen LogP contribution >= 0.6 is 0 Å². The zero-order valence-electron chi connectivity index (χ0n) is 12.6. The highest BCUT2D eigenvalue weighted by Gasteiger charge is 2.24. The van der Waals surface area contributed by atoms with Crippen molar-refractivity contribution in [3.05, 3.63) is 48.2 Å². The van der Waals surface area contributed by atoms with Crippen LogP contribution in [0.2, 0.25) is 0 Å². The molecule has 2 heterocycles. The predicted octanol–water partition coefficient (Wildman–Crippen LogP) is 2.47. The molecule has 1 aromatic heterocycles. The van der Waals surface area contributed by atoms with Crippen molar-refractivity contribution in [1.29, 1.82) is 0 Å². The van der Waals surface area contributed by atoms with E-state index >= 15 is 0 Å². The van der Waals surface area contributed by atoms with Crippen molar-refractivity contribution in [2.75, 3.05) is 6.54 Å². The Morgan fingerprint density at radius 2 is 2.00 bits per heavy atom. The van der Waals surface area contributed by atoms with Crippen LogP contribution in [0.25, 0.3) is 0 Å². The zero-order valence-corrected chi connectivity index (χ0v) is 12.6. The molecule has 1 atom stereocenters. The topological polar surface area (TPSA) is 80.6 Å². The molecule has 0 spiro atoms. The SMILES string of the molecule is O=C(N[C@H]1CCCCNC1=O)c1ccc(Oc2ccccc2)o1. The average Bonchev–Trinajstić information content (AvgIpc) is 2.93. The van der Waals surface area contributed by atoms with Gasteiger partial charge in [0.2, 0.25) is 5.91 Å². The lowest BCUT2D eigenvalue weighted by atomic mass is 10.1. The Kier molecular flexibility index (Phi) is 4.61. The van der Waals surface area contributed by atoms with Gasteiger partial charge in [0.15, 0.2) is 5.76 Å². The van der Waals surface area contributed by atoms with E-state index in [2.05, 4.69) is 10.6 Å². The van der Waals surface area contributed by atoms with Crippen LogP contribution in [0.15, 0.2) is 46.9 Å². The molecule has 2 N–H and O–H groups in total. The highest BCUT2D eigenvalue weighted by Crippen LogP contribution is 2.23. The molecule has 0 bridgehead atoms. The Morgan fingerprint density at radius 3 is 2.83 bits per heavy atom. The number of hydrogen-bond donors (Lipinski definition) is 2. The largest absolute Gasteiger partial charge is 0.426 e. The number of hydrogen-bond acceptors (Lipinski definition) is 4. The molecule has 0 unspecified atom stereocenters. The van der Waals surface area contributed by atoms with Gasteiger partial charge in [-0.15, -0.1) is 0 Å². The van der Waals surface area contributed by atoms with Gasteiger partial charge < -0.3 is 19.8 Å². The van der Waals surface area contributed by atoms with E-state index in [0.717, 1.165) is 12.8 Å². The minimum atomic E-state index is -0.520. The van der Waals surface area contributed by atoms with Gasteiger partial charge in [0.25, 0.3) is 11.9 Å². The molecular weight excluding hydrogens is 296 g/mol. The number of benzene rings is 1. The molecule has 1 saturated heterocycles. The second kappa shape index (κ2) is 7.00. The van der Waals surface area contributed by atoms with Crippen LogP contribution in [0.3, 0.4) is 0 Å². The molecule has 1 fully saturated rings. The maximum Gasteiger partial charge on any atom is 0.290 e. The Labute approximate surface area is 133 Å². The van der Waals surface area contributed by atoms with E-state index in [1.54, 1.807) is 18.2 Å². The number of carbonyl (C=O) groups is 2. The molecule has 0 saturated carbocycles. The van der Waals surface area contributed by atoms with Crippen molar-refractivity contribution in [3.8, 4) is 11.7 Å². The van der Waals surface area contributed by atoms with Gasteiger partial charge in [-0.2, -0.15) is 0 Å². The smallest absolute Gasteiger partial charge is 0.290 e. The Hall–Kier alpha value is -2.76. The summed E-state index contributed by atoms with van der Waals surface area (Å²) in [5, 5.41) is 5.48. The normalized spacial score (nSPS) is 17.9. The fourth-order valence-corrected chi connectivity index (χ4v) is 2.41. The van der Waals surface area contributed by atoms with E-state index in [-0.39, 0.29) is 17.6 Å². The molecule has 2 aromatic rings. The molecule has 6 heteroatoms. The van der Waals surface area contributed by atoms with Crippen molar-refractivity contribution < 1.29 is 18.7 Å². The second-order valence-electron chi connectivity index (χ2n) is 5.35. The fourth-order valence-electron chi connectivity index (χ4n) is 2.41. The third-order valence-electron chi connectivity index (χ3n) is 3.61. The first-order valence-corrected chi connectivity index (χ1v) is 7.64. The van der Waals surface area contributed by atoms with E-state index in [0.29, 0.717) is 18.7 Å². The molecule has 1 aliphatic heterocycles. The minimum absolute atomic E-state index is 0.118. The Morgan fingerprint density at radius 1 is 1.17 bits per heavy atom. The van der Waals surface area contributed by atoms with E-state index < -0.39 is 11.9 Å². The van der Waals surface area contributed by atoms with Gasteiger partial charge in [0.1, 0.15) is 11.8 Å². The van der Waals surface area contributed by atoms with Gasteiger partial charge in [-0.3, -0.25) is 9.59 Å². The maximum atomic E-state index is 12.2. The maximum absolute atomic E-state index is 12.2. The van der Waals surface area contributed by atoms with Crippen molar-refractivity contribution >= 4 is 11.8 Å². The van der Waals surface area contributed by atoms with Gasteiger partial charge in [-0.25, -0.2) is 0 Å². The summed E-state index contributed by atoms with van der Waals surface area (Å²) in [5.74, 6) is 0.398. The van der Waals surface area contributed by atoms with Crippen LogP contribution in [0.4, 0.5) is 0 Å². The van der Waals surface area contributed by atoms with Crippen LogP contribution < -0.4 is 15.4 Å². The molecule has 1 aliphatic rings. The number of para-hydroxylation sites is 1. The third-order valence-corrected chi connectivity index (χ3v) is 3.61. The van der Waals surface area contributed by atoms with Crippen LogP contribution in [0.5, 0.6) is 11.7 Å². The van der Waals surface area contributed by atoms with Crippen molar-refractivity contribution in [2.45, 2.75) is 25.3 Å². The second-order valence-corrected chi connectivity index (χ2v) is 5.35. The number of nitrogens with one attached hydrogen (secondary N) is 2. The van der Waals surface area contributed by atoms with Gasteiger partial charge in [-0.05, 0) is 37.5 Å². The van der Waals surface area contributed by atoms with Crippen LogP contribution in [-0.2, 0) is 4.79 Å². The monoisotopic (exact) mass is 314 g/mol. The molecule has 1 aromatic carbocycles. The molecule has 3 rings (SSSR count). The number of carbonyl (C=O) groups excluding carboxylic acids is 2. The molecule has 6 nitrogen and oxygen atoms in total. The lowest BCUT2D eigenvalue weighted by molar-refractivity contribution is -0.122. The number of furan rings is 1. The minimum Gasteiger partial charge on any atom is -0.426 e. The van der Waals surface area contributed by atoms with Crippen LogP contribution in [0, 0.1) is 0 Å². The number of amides is 2. The van der Waals surface area contributed by atoms with E-state index in [1.165, 1.54) is 6.07 Å². The summed E-state index contributed by atoms with van der Waals surface area (Å²) in [7, 11) is 0. The molecule has 0 radical (unpaired) electrons. The lowest BCUT2D eigenvalue weighted by Crippen LogP contribution is -2.45. The van der Waals surface area contributed by atoms with E-state index in [4.69, 9.17) is 9.15 Å². The standard InChI is InChI=1S/C17H18N2O4/c20-16-13(8-4-5-11-18-16)19-17(21)14-9-10-15(23-14)22-12-6-2-1-3-7-12/h1-3,6-7,9-10,13H,4-5,8,11H2,(H,18,20)(H,19,21)/t13-/m0/s1. The summed E-state index contributed by atoms with van der Waals surface area (Å²) < 4.78 is 10.9. The molecule has 120 valence electrons. The average molecular weight is 314 g/mol. The first-order chi connectivity index (χ1) is 11.2. The first-order valence-electron chi connectivity index (χ1n) is 7.64. The first kappa shape index (κ1) is 15.1. The summed E-state index contributed by atoms with van der Waals surface area (Å²) in [5.41, 5.74) is 0. The predicted molar refractivity (Wildman–Crippen MR) is 83.3 cm³/mol. The van der Waals surface area contributed by atoms with Crippen molar-refractivity contribution in [3.63, 3.8) is 0 Å². The number of ether oxygens (including phenoxy) is 1. The van der Waals surface area contributed by atoms with Crippen LogP contribution in [-0.4, -0.2) is 24.4 Å². The quantitative estimate of drug-likeness (QED) is 0.908. The summed E-state index contributed by atoms with van der Waals surface area (Å²) in [4.78, 5) is 24.0. The van der Waals surface area contributed by atoms with Crippen molar-refractivity contribution in [2.24, 2.45) is 0 Å². The molecule has 0 aliphatic carbocycles.